The van der Waals surface area contributed by atoms with Gasteiger partial charge in [-0.1, -0.05) is 164 Å². The van der Waals surface area contributed by atoms with Gasteiger partial charge in [-0.15, -0.1) is 11.3 Å². The molecular weight excluding hydrogens is 804 g/mol. The van der Waals surface area contributed by atoms with Crippen LogP contribution in [0.2, 0.25) is 0 Å². The van der Waals surface area contributed by atoms with Crippen LogP contribution in [0.1, 0.15) is 130 Å². The summed E-state index contributed by atoms with van der Waals surface area (Å²) in [5, 5.41) is 5.50. The number of benzene rings is 7. The smallest absolute Gasteiger partial charge is 0.333 e. The van der Waals surface area contributed by atoms with Crippen LogP contribution in [0.3, 0.4) is 0 Å². The Kier molecular flexibility index (Phi) is 8.09. The van der Waals surface area contributed by atoms with Gasteiger partial charge >= 0.3 is 6.85 Å². The first kappa shape index (κ1) is 40.9. The number of hydrogen-bond donors (Lipinski definition) is 0. The van der Waals surface area contributed by atoms with E-state index in [2.05, 4.69) is 222 Å². The summed E-state index contributed by atoms with van der Waals surface area (Å²) in [6.07, 6.45) is 0. The van der Waals surface area contributed by atoms with E-state index in [1.165, 1.54) is 126 Å². The molecule has 65 heavy (non-hydrogen) atoms. The van der Waals surface area contributed by atoms with Gasteiger partial charge in [0.15, 0.2) is 0 Å². The van der Waals surface area contributed by atoms with Gasteiger partial charge in [-0.25, -0.2) is 0 Å². The maximum atomic E-state index is 2.76. The minimum Gasteiger partial charge on any atom is -0.376 e. The number of hydrogen-bond acceptors (Lipinski definition) is 2. The maximum absolute atomic E-state index is 2.76. The molecule has 0 amide bonds. The second-order valence-electron chi connectivity index (χ2n) is 24.3. The van der Waals surface area contributed by atoms with Crippen molar-refractivity contribution in [2.75, 3.05) is 4.81 Å². The average Bonchev–Trinajstić information content (AvgIpc) is 3.86. The molecule has 0 fully saturated rings. The van der Waals surface area contributed by atoms with Crippen LogP contribution in [-0.4, -0.2) is 11.4 Å². The van der Waals surface area contributed by atoms with E-state index < -0.39 is 0 Å². The van der Waals surface area contributed by atoms with Crippen LogP contribution in [0.5, 0.6) is 0 Å². The predicted octanol–water partition coefficient (Wildman–Crippen LogP) is 15.9. The van der Waals surface area contributed by atoms with Gasteiger partial charge in [0.05, 0.1) is 11.0 Å². The molecule has 0 radical (unpaired) electrons. The van der Waals surface area contributed by atoms with Crippen LogP contribution in [0.15, 0.2) is 115 Å². The zero-order valence-corrected chi connectivity index (χ0v) is 41.7. The van der Waals surface area contributed by atoms with Gasteiger partial charge in [0, 0.05) is 59.0 Å². The molecular formula is C61H61BN2S. The molecule has 0 unspecified atom stereocenters. The largest absolute Gasteiger partial charge is 0.376 e. The minimum atomic E-state index is -0.182. The molecule has 2 nitrogen and oxygen atoms in total. The van der Waals surface area contributed by atoms with Gasteiger partial charge in [-0.2, -0.15) is 0 Å². The Bertz CT molecular complexity index is 3550. The molecule has 9 aromatic rings. The van der Waals surface area contributed by atoms with Crippen molar-refractivity contribution in [1.29, 1.82) is 0 Å². The maximum Gasteiger partial charge on any atom is 0.333 e. The Morgan fingerprint density at radius 1 is 0.508 bits per heavy atom. The Hall–Kier alpha value is -5.58. The topological polar surface area (TPSA) is 8.17 Å². The summed E-state index contributed by atoms with van der Waals surface area (Å²) < 4.78 is 5.41. The van der Waals surface area contributed by atoms with E-state index in [4.69, 9.17) is 0 Å². The lowest BCUT2D eigenvalue weighted by Gasteiger charge is -2.43. The van der Waals surface area contributed by atoms with Crippen molar-refractivity contribution < 1.29 is 0 Å². The number of rotatable bonds is 1. The minimum absolute atomic E-state index is 0.00534. The second-order valence-corrected chi connectivity index (χ2v) is 25.3. The number of fused-ring (bicyclic) bond motifs is 16. The summed E-state index contributed by atoms with van der Waals surface area (Å²) >= 11 is 1.98. The van der Waals surface area contributed by atoms with E-state index in [1.54, 1.807) is 0 Å². The van der Waals surface area contributed by atoms with Crippen molar-refractivity contribution in [2.45, 2.75) is 124 Å². The second kappa shape index (κ2) is 12.9. The molecule has 1 aliphatic carbocycles. The zero-order valence-electron chi connectivity index (χ0n) is 40.8. The highest BCUT2D eigenvalue weighted by atomic mass is 32.1. The molecule has 2 aromatic heterocycles. The Balaban J connectivity index is 1.31. The highest BCUT2D eigenvalue weighted by molar-refractivity contribution is 7.27. The van der Waals surface area contributed by atoms with Gasteiger partial charge < -0.3 is 9.38 Å². The summed E-state index contributed by atoms with van der Waals surface area (Å²) in [5.74, 6) is 0. The third-order valence-electron chi connectivity index (χ3n) is 15.6. The zero-order chi connectivity index (χ0) is 45.7. The van der Waals surface area contributed by atoms with E-state index in [0.29, 0.717) is 0 Å². The standard InChI is InChI=1S/C61H61BN2S/c1-57(2,3)34-19-24-38(25-20-34)64-49-33-45-41(39-26-21-36(59(7,8)9)30-44(39)61(45,13)14)32-43(49)51-52-40-17-15-16-18-50(40)65-56(52)53-42-29-35(58(4,5)6)22-27-47(42)63-48-28-23-37(60(10,11)12)31-46(48)62(64)54(51)55(53)63/h15-33H,1-14H3. The predicted molar refractivity (Wildman–Crippen MR) is 285 cm³/mol. The molecule has 0 spiro atoms. The lowest BCUT2D eigenvalue weighted by molar-refractivity contribution is 0.584. The molecule has 7 aromatic carbocycles. The normalized spacial score (nSPS) is 15.3. The van der Waals surface area contributed by atoms with Crippen LogP contribution < -0.4 is 15.7 Å². The molecule has 0 bridgehead atoms. The monoisotopic (exact) mass is 864 g/mol. The van der Waals surface area contributed by atoms with E-state index >= 15 is 0 Å². The average molecular weight is 865 g/mol. The molecule has 0 N–H and O–H groups in total. The van der Waals surface area contributed by atoms with Gasteiger partial charge in [-0.3, -0.25) is 0 Å². The first-order valence-corrected chi connectivity index (χ1v) is 24.7. The summed E-state index contributed by atoms with van der Waals surface area (Å²) in [5.41, 5.74) is 22.9. The van der Waals surface area contributed by atoms with Crippen LogP contribution in [0.4, 0.5) is 11.4 Å². The fraction of sp³-hybridized carbons (Fsp3) is 0.311. The Morgan fingerprint density at radius 2 is 1.11 bits per heavy atom. The molecule has 324 valence electrons. The van der Waals surface area contributed by atoms with Gasteiger partial charge in [0.2, 0.25) is 0 Å². The Morgan fingerprint density at radius 3 is 1.80 bits per heavy atom. The highest BCUT2D eigenvalue weighted by Crippen LogP contribution is 2.57. The summed E-state index contributed by atoms with van der Waals surface area (Å²) in [6.45, 7) is 33.0. The van der Waals surface area contributed by atoms with Crippen LogP contribution >= 0.6 is 11.3 Å². The summed E-state index contributed by atoms with van der Waals surface area (Å²) in [4.78, 5) is 2.76. The van der Waals surface area contributed by atoms with Crippen LogP contribution in [-0.2, 0) is 27.1 Å². The number of anilines is 2. The molecule has 4 heterocycles. The Labute approximate surface area is 390 Å². The van der Waals surface area contributed by atoms with Crippen molar-refractivity contribution in [3.63, 3.8) is 0 Å². The summed E-state index contributed by atoms with van der Waals surface area (Å²) in [7, 11) is 0. The first-order chi connectivity index (χ1) is 30.5. The first-order valence-electron chi connectivity index (χ1n) is 23.9. The number of aromatic nitrogens is 1. The lowest BCUT2D eigenvalue weighted by atomic mass is 9.43. The fourth-order valence-electron chi connectivity index (χ4n) is 11.8. The molecule has 0 atom stereocenters. The molecule has 4 heteroatoms. The molecule has 0 saturated heterocycles. The van der Waals surface area contributed by atoms with Gasteiger partial charge in [-0.05, 0) is 131 Å². The lowest BCUT2D eigenvalue weighted by Crippen LogP contribution is -2.60. The SMILES string of the molecule is CC(C)(C)c1ccc(N2B3c4cc(C(C)(C)C)ccc4-n4c5ccc(C(C)(C)C)cc5c5c6sc7ccccc7c6c(c3c54)-c3cc4c(cc32)C(C)(C)c2cc(C(C)(C)C)ccc2-4)cc1. The van der Waals surface area contributed by atoms with Crippen LogP contribution in [0.25, 0.3) is 69.9 Å². The highest BCUT2D eigenvalue weighted by Gasteiger charge is 2.48. The van der Waals surface area contributed by atoms with E-state index in [1.807, 2.05) is 11.3 Å². The van der Waals surface area contributed by atoms with E-state index in [9.17, 15) is 0 Å². The molecule has 3 aliphatic rings. The van der Waals surface area contributed by atoms with Crippen LogP contribution in [0, 0.1) is 0 Å². The number of nitrogens with zero attached hydrogens (tertiary/aromatic N) is 2. The van der Waals surface area contributed by atoms with Crippen molar-refractivity contribution in [2.24, 2.45) is 0 Å². The van der Waals surface area contributed by atoms with E-state index in [0.717, 1.165) is 0 Å². The van der Waals surface area contributed by atoms with Crippen molar-refractivity contribution in [3.05, 3.63) is 149 Å². The van der Waals surface area contributed by atoms with Gasteiger partial charge in [0.25, 0.3) is 0 Å². The van der Waals surface area contributed by atoms with Crippen molar-refractivity contribution >= 4 is 82.5 Å². The molecule has 2 aliphatic heterocycles. The number of thiophene rings is 1. The van der Waals surface area contributed by atoms with Crippen molar-refractivity contribution in [1.82, 2.24) is 4.57 Å². The third-order valence-corrected chi connectivity index (χ3v) is 16.8. The van der Waals surface area contributed by atoms with Gasteiger partial charge in [0.1, 0.15) is 0 Å². The molecule has 0 saturated carbocycles. The summed E-state index contributed by atoms with van der Waals surface area (Å²) in [6, 6.07) is 46.2. The third kappa shape index (κ3) is 5.59. The quantitative estimate of drug-likeness (QED) is 0.149. The molecule has 12 rings (SSSR count). The fourth-order valence-corrected chi connectivity index (χ4v) is 13.1. The van der Waals surface area contributed by atoms with Crippen molar-refractivity contribution in [3.8, 4) is 27.9 Å². The van der Waals surface area contributed by atoms with E-state index in [-0.39, 0.29) is 33.9 Å².